The third-order valence-electron chi connectivity index (χ3n) is 3.21. The van der Waals surface area contributed by atoms with Crippen LogP contribution in [0.25, 0.3) is 0 Å². The summed E-state index contributed by atoms with van der Waals surface area (Å²) in [5.41, 5.74) is 1.55. The molecule has 124 valence electrons. The van der Waals surface area contributed by atoms with Crippen LogP contribution in [0.2, 0.25) is 0 Å². The minimum atomic E-state index is 0. The molecule has 0 atom stereocenters. The quantitative estimate of drug-likeness (QED) is 0.326. The van der Waals surface area contributed by atoms with Crippen molar-refractivity contribution in [3.05, 3.63) is 63.2 Å². The average molecular weight is 356 g/mol. The molecule has 0 aliphatic heterocycles. The monoisotopic (exact) mass is 356 g/mol. The van der Waals surface area contributed by atoms with E-state index in [9.17, 15) is 0 Å². The van der Waals surface area contributed by atoms with Crippen molar-refractivity contribution in [3.63, 3.8) is 0 Å². The van der Waals surface area contributed by atoms with E-state index in [-0.39, 0.29) is 17.1 Å². The molecular formula is C18H24FeN2O2+2. The van der Waals surface area contributed by atoms with Crippen LogP contribution in [0.3, 0.4) is 0 Å². The standard InChI is InChI=1S/2C9H12NO.Fe/c2*1-2-5-9(10-11)8-6-3-4-7-8;/h2*3-4,6-7,11H,2,5H2,1H3;/q;;+2/b2*10-9+;. The van der Waals surface area contributed by atoms with Crippen LogP contribution in [0.5, 0.6) is 0 Å². The summed E-state index contributed by atoms with van der Waals surface area (Å²) in [7, 11) is 0. The second kappa shape index (κ2) is 13.9. The molecule has 0 saturated heterocycles. The van der Waals surface area contributed by atoms with Crippen LogP contribution >= 0.6 is 0 Å². The van der Waals surface area contributed by atoms with Gasteiger partial charge in [0.2, 0.25) is 0 Å². The Morgan fingerprint density at radius 2 is 1.04 bits per heavy atom. The Balaban J connectivity index is 0.000000403. The number of oxime groups is 2. The van der Waals surface area contributed by atoms with Gasteiger partial charge >= 0.3 is 17.1 Å². The Morgan fingerprint density at radius 3 is 1.26 bits per heavy atom. The number of nitrogens with zero attached hydrogens (tertiary/aromatic N) is 2. The van der Waals surface area contributed by atoms with Gasteiger partial charge in [-0.3, -0.25) is 0 Å². The topological polar surface area (TPSA) is 65.2 Å². The smallest absolute Gasteiger partial charge is 0.411 e. The van der Waals surface area contributed by atoms with Gasteiger partial charge in [-0.1, -0.05) is 37.0 Å². The summed E-state index contributed by atoms with van der Waals surface area (Å²) in [5, 5.41) is 23.7. The van der Waals surface area contributed by atoms with Gasteiger partial charge in [0.1, 0.15) is 0 Å². The number of hydrogen-bond donors (Lipinski definition) is 2. The van der Waals surface area contributed by atoms with E-state index in [1.807, 2.05) is 51.4 Å². The molecule has 2 saturated carbocycles. The van der Waals surface area contributed by atoms with Gasteiger partial charge in [-0.05, 0) is 64.2 Å². The number of rotatable bonds is 6. The maximum atomic E-state index is 8.62. The van der Waals surface area contributed by atoms with Crippen molar-refractivity contribution in [1.82, 2.24) is 0 Å². The molecule has 0 bridgehead atoms. The maximum Gasteiger partial charge on any atom is 2.00 e. The van der Waals surface area contributed by atoms with Gasteiger partial charge in [0.15, 0.2) is 0 Å². The molecule has 0 aromatic heterocycles. The van der Waals surface area contributed by atoms with Crippen molar-refractivity contribution in [1.29, 1.82) is 0 Å². The fourth-order valence-electron chi connectivity index (χ4n) is 2.11. The van der Waals surface area contributed by atoms with Crippen molar-refractivity contribution in [2.24, 2.45) is 10.3 Å². The van der Waals surface area contributed by atoms with E-state index >= 15 is 0 Å². The molecule has 2 fully saturated rings. The first-order valence-corrected chi connectivity index (χ1v) is 7.62. The second-order valence-electron chi connectivity index (χ2n) is 4.94. The molecule has 4 nitrogen and oxygen atoms in total. The van der Waals surface area contributed by atoms with Crippen LogP contribution in [0.4, 0.5) is 0 Å². The van der Waals surface area contributed by atoms with Crippen LogP contribution in [0.1, 0.15) is 39.5 Å². The van der Waals surface area contributed by atoms with E-state index in [0.717, 1.165) is 48.9 Å². The molecule has 5 heteroatoms. The fraction of sp³-hybridized carbons (Fsp3) is 0.333. The molecule has 10 radical (unpaired) electrons. The fourth-order valence-corrected chi connectivity index (χ4v) is 2.11. The molecule has 2 rings (SSSR count). The minimum absolute atomic E-state index is 0. The molecular weight excluding hydrogens is 332 g/mol. The van der Waals surface area contributed by atoms with E-state index < -0.39 is 0 Å². The van der Waals surface area contributed by atoms with Gasteiger partial charge < -0.3 is 10.4 Å². The van der Waals surface area contributed by atoms with Gasteiger partial charge in [0.25, 0.3) is 0 Å². The van der Waals surface area contributed by atoms with Gasteiger partial charge in [-0.15, -0.1) is 0 Å². The first-order valence-electron chi connectivity index (χ1n) is 7.62. The summed E-state index contributed by atoms with van der Waals surface area (Å²) >= 11 is 0. The van der Waals surface area contributed by atoms with Crippen molar-refractivity contribution >= 4 is 11.4 Å². The van der Waals surface area contributed by atoms with Crippen LogP contribution in [-0.4, -0.2) is 21.8 Å². The molecule has 2 aliphatic carbocycles. The third kappa shape index (κ3) is 8.21. The van der Waals surface area contributed by atoms with Gasteiger partial charge in [0.05, 0.1) is 11.4 Å². The van der Waals surface area contributed by atoms with Crippen molar-refractivity contribution in [2.75, 3.05) is 0 Å². The Labute approximate surface area is 152 Å². The zero-order chi connectivity index (χ0) is 16.2. The number of hydrogen-bond acceptors (Lipinski definition) is 4. The molecule has 0 aromatic carbocycles. The van der Waals surface area contributed by atoms with E-state index in [1.165, 1.54) is 0 Å². The molecule has 0 amide bonds. The van der Waals surface area contributed by atoms with Crippen LogP contribution in [0.15, 0.2) is 10.3 Å². The Hall–Kier alpha value is -0.541. The zero-order valence-corrected chi connectivity index (χ0v) is 14.7. The second-order valence-corrected chi connectivity index (χ2v) is 4.94. The first-order chi connectivity index (χ1) is 10.8. The van der Waals surface area contributed by atoms with Crippen LogP contribution < -0.4 is 0 Å². The van der Waals surface area contributed by atoms with Crippen molar-refractivity contribution in [2.45, 2.75) is 39.5 Å². The van der Waals surface area contributed by atoms with Gasteiger partial charge in [-0.25, -0.2) is 0 Å². The zero-order valence-electron chi connectivity index (χ0n) is 13.6. The Bertz CT molecular complexity index is 313. The molecule has 0 unspecified atom stereocenters. The summed E-state index contributed by atoms with van der Waals surface area (Å²) in [6, 6.07) is 0. The normalized spacial score (nSPS) is 20.1. The average Bonchev–Trinajstić information content (AvgIpc) is 3.23. The van der Waals surface area contributed by atoms with E-state index in [2.05, 4.69) is 24.2 Å². The van der Waals surface area contributed by atoms with E-state index in [4.69, 9.17) is 10.4 Å². The third-order valence-corrected chi connectivity index (χ3v) is 3.21. The van der Waals surface area contributed by atoms with Crippen LogP contribution in [-0.2, 0) is 17.1 Å². The SMILES string of the molecule is CCC/C(=N\O)[C]1[CH][CH][CH][CH]1.CCC/C(=N\O)[C]1[CH][CH][CH][CH]1.[Fe+2]. The van der Waals surface area contributed by atoms with E-state index in [1.54, 1.807) is 0 Å². The molecule has 2 N–H and O–H groups in total. The van der Waals surface area contributed by atoms with Crippen LogP contribution in [0, 0.1) is 63.2 Å². The minimum Gasteiger partial charge on any atom is -0.411 e. The largest absolute Gasteiger partial charge is 2.00 e. The van der Waals surface area contributed by atoms with Crippen molar-refractivity contribution < 1.29 is 27.5 Å². The molecule has 23 heavy (non-hydrogen) atoms. The van der Waals surface area contributed by atoms with Gasteiger partial charge in [-0.2, -0.15) is 0 Å². The van der Waals surface area contributed by atoms with E-state index in [0.29, 0.717) is 0 Å². The van der Waals surface area contributed by atoms with Gasteiger partial charge in [0, 0.05) is 11.8 Å². The summed E-state index contributed by atoms with van der Waals surface area (Å²) < 4.78 is 0. The molecule has 0 spiro atoms. The summed E-state index contributed by atoms with van der Waals surface area (Å²) in [6.45, 7) is 4.13. The Morgan fingerprint density at radius 1 is 0.739 bits per heavy atom. The predicted octanol–water partition coefficient (Wildman–Crippen LogP) is 4.04. The Kier molecular flexibility index (Phi) is 13.5. The maximum absolute atomic E-state index is 8.62. The summed E-state index contributed by atoms with van der Waals surface area (Å²) in [6.07, 6.45) is 19.2. The summed E-state index contributed by atoms with van der Waals surface area (Å²) in [4.78, 5) is 0. The molecule has 0 heterocycles. The van der Waals surface area contributed by atoms with Crippen molar-refractivity contribution in [3.8, 4) is 0 Å². The predicted molar refractivity (Wildman–Crippen MR) is 89.1 cm³/mol. The molecule has 2 aliphatic rings. The first kappa shape index (κ1) is 22.5. The molecule has 0 aromatic rings. The summed E-state index contributed by atoms with van der Waals surface area (Å²) in [5.74, 6) is 2.05.